The van der Waals surface area contributed by atoms with Gasteiger partial charge in [-0.2, -0.15) is 0 Å². The van der Waals surface area contributed by atoms with E-state index in [0.29, 0.717) is 31.1 Å². The van der Waals surface area contributed by atoms with Crippen LogP contribution in [0.3, 0.4) is 0 Å². The van der Waals surface area contributed by atoms with Crippen LogP contribution in [-0.4, -0.2) is 52.2 Å². The van der Waals surface area contributed by atoms with E-state index >= 15 is 0 Å². The van der Waals surface area contributed by atoms with Gasteiger partial charge >= 0.3 is 6.09 Å². The third-order valence-corrected chi connectivity index (χ3v) is 3.82. The van der Waals surface area contributed by atoms with Crippen molar-refractivity contribution in [1.29, 1.82) is 0 Å². The molecule has 1 aliphatic heterocycles. The molecule has 1 amide bonds. The van der Waals surface area contributed by atoms with Crippen LogP contribution in [0, 0.1) is 17.0 Å². The first kappa shape index (κ1) is 18.0. The van der Waals surface area contributed by atoms with Crippen molar-refractivity contribution in [2.24, 2.45) is 0 Å². The van der Waals surface area contributed by atoms with Crippen LogP contribution >= 0.6 is 0 Å². The Labute approximate surface area is 141 Å². The van der Waals surface area contributed by atoms with E-state index < -0.39 is 10.5 Å². The van der Waals surface area contributed by atoms with Crippen molar-refractivity contribution >= 4 is 17.6 Å². The van der Waals surface area contributed by atoms with Gasteiger partial charge in [-0.25, -0.2) is 9.78 Å². The molecular formula is C16H24N4O4. The molecule has 132 valence electrons. The Morgan fingerprint density at radius 1 is 1.38 bits per heavy atom. The van der Waals surface area contributed by atoms with Gasteiger partial charge in [0.25, 0.3) is 5.69 Å². The quantitative estimate of drug-likeness (QED) is 0.609. The zero-order valence-corrected chi connectivity index (χ0v) is 14.8. The van der Waals surface area contributed by atoms with Crippen LogP contribution in [0.1, 0.15) is 33.4 Å². The number of pyridine rings is 1. The van der Waals surface area contributed by atoms with Gasteiger partial charge in [0.2, 0.25) is 0 Å². The molecule has 1 aromatic heterocycles. The maximum Gasteiger partial charge on any atom is 0.410 e. The number of carbonyl (C=O) groups is 1. The third kappa shape index (κ3) is 4.12. The van der Waals surface area contributed by atoms with Gasteiger partial charge in [0.1, 0.15) is 17.1 Å². The molecule has 8 nitrogen and oxygen atoms in total. The molecule has 0 spiro atoms. The summed E-state index contributed by atoms with van der Waals surface area (Å²) in [6.45, 7) is 10.8. The van der Waals surface area contributed by atoms with Crippen molar-refractivity contribution in [3.63, 3.8) is 0 Å². The smallest absolute Gasteiger partial charge is 0.410 e. The van der Waals surface area contributed by atoms with E-state index in [1.165, 1.54) is 6.07 Å². The molecule has 0 radical (unpaired) electrons. The summed E-state index contributed by atoms with van der Waals surface area (Å²) in [5, 5.41) is 10.9. The van der Waals surface area contributed by atoms with Crippen LogP contribution in [-0.2, 0) is 4.74 Å². The molecule has 1 saturated heterocycles. The fourth-order valence-corrected chi connectivity index (χ4v) is 2.67. The van der Waals surface area contributed by atoms with Gasteiger partial charge in [0, 0.05) is 31.7 Å². The Bertz CT molecular complexity index is 641. The molecule has 1 atom stereocenters. The van der Waals surface area contributed by atoms with E-state index in [4.69, 9.17) is 4.74 Å². The highest BCUT2D eigenvalue weighted by Crippen LogP contribution is 2.23. The SMILES string of the molecule is Cc1nc(N2CCN(C(=O)OC(C)(C)C)C(C)C2)ccc1[N+](=O)[O-]. The fraction of sp³-hybridized carbons (Fsp3) is 0.625. The number of anilines is 1. The standard InChI is InChI=1S/C16H24N4O4/c1-11-10-18(8-9-19(11)15(21)24-16(3,4)5)14-7-6-13(20(22)23)12(2)17-14/h6-7,11H,8-10H2,1-5H3. The van der Waals surface area contributed by atoms with Gasteiger partial charge in [0.05, 0.1) is 4.92 Å². The lowest BCUT2D eigenvalue weighted by molar-refractivity contribution is -0.385. The molecule has 2 heterocycles. The zero-order valence-electron chi connectivity index (χ0n) is 14.8. The summed E-state index contributed by atoms with van der Waals surface area (Å²) in [6.07, 6.45) is -0.317. The molecule has 1 aromatic rings. The summed E-state index contributed by atoms with van der Waals surface area (Å²) in [4.78, 5) is 30.8. The number of rotatable bonds is 2. The van der Waals surface area contributed by atoms with Crippen LogP contribution in [0.2, 0.25) is 0 Å². The minimum absolute atomic E-state index is 0.0131. The lowest BCUT2D eigenvalue weighted by Crippen LogP contribution is -2.55. The predicted octanol–water partition coefficient (Wildman–Crippen LogP) is 2.74. The molecule has 0 N–H and O–H groups in total. The molecule has 2 rings (SSSR count). The molecule has 24 heavy (non-hydrogen) atoms. The van der Waals surface area contributed by atoms with E-state index in [1.807, 2.05) is 32.6 Å². The molecule has 0 bridgehead atoms. The Hall–Kier alpha value is -2.38. The van der Waals surface area contributed by atoms with E-state index in [1.54, 1.807) is 17.9 Å². The van der Waals surface area contributed by atoms with E-state index in [9.17, 15) is 14.9 Å². The Balaban J connectivity index is 2.07. The Morgan fingerprint density at radius 3 is 2.54 bits per heavy atom. The van der Waals surface area contributed by atoms with Gasteiger partial charge < -0.3 is 14.5 Å². The maximum absolute atomic E-state index is 12.2. The molecule has 8 heteroatoms. The number of carbonyl (C=O) groups excluding carboxylic acids is 1. The Morgan fingerprint density at radius 2 is 2.04 bits per heavy atom. The van der Waals surface area contributed by atoms with E-state index in [2.05, 4.69) is 4.98 Å². The minimum Gasteiger partial charge on any atom is -0.444 e. The van der Waals surface area contributed by atoms with Crippen LogP contribution in [0.25, 0.3) is 0 Å². The summed E-state index contributed by atoms with van der Waals surface area (Å²) in [5.41, 5.74) is -0.121. The summed E-state index contributed by atoms with van der Waals surface area (Å²) < 4.78 is 5.43. The van der Waals surface area contributed by atoms with Crippen molar-refractivity contribution in [3.05, 3.63) is 27.9 Å². The summed E-state index contributed by atoms with van der Waals surface area (Å²) in [6, 6.07) is 3.09. The van der Waals surface area contributed by atoms with Crippen molar-refractivity contribution in [3.8, 4) is 0 Å². The van der Waals surface area contributed by atoms with Crippen molar-refractivity contribution in [2.75, 3.05) is 24.5 Å². The molecule has 0 aromatic carbocycles. The molecule has 1 fully saturated rings. The summed E-state index contributed by atoms with van der Waals surface area (Å²) in [7, 11) is 0. The lowest BCUT2D eigenvalue weighted by atomic mass is 10.2. The lowest BCUT2D eigenvalue weighted by Gasteiger charge is -2.40. The van der Waals surface area contributed by atoms with Gasteiger partial charge in [-0.3, -0.25) is 10.1 Å². The number of nitro groups is 1. The number of hydrogen-bond acceptors (Lipinski definition) is 6. The molecule has 0 aliphatic carbocycles. The number of aromatic nitrogens is 1. The second-order valence-corrected chi connectivity index (χ2v) is 7.00. The number of hydrogen-bond donors (Lipinski definition) is 0. The van der Waals surface area contributed by atoms with Crippen molar-refractivity contribution in [2.45, 2.75) is 46.3 Å². The van der Waals surface area contributed by atoms with Gasteiger partial charge in [-0.05, 0) is 40.7 Å². The number of amides is 1. The van der Waals surface area contributed by atoms with E-state index in [0.717, 1.165) is 0 Å². The highest BCUT2D eigenvalue weighted by molar-refractivity contribution is 5.69. The van der Waals surface area contributed by atoms with Crippen molar-refractivity contribution < 1.29 is 14.5 Å². The monoisotopic (exact) mass is 336 g/mol. The second kappa shape index (κ2) is 6.62. The second-order valence-electron chi connectivity index (χ2n) is 7.00. The minimum atomic E-state index is -0.523. The van der Waals surface area contributed by atoms with Crippen LogP contribution in [0.5, 0.6) is 0 Å². The number of nitrogens with zero attached hydrogens (tertiary/aromatic N) is 4. The Kier molecular flexibility index (Phi) is 4.96. The average Bonchev–Trinajstić information content (AvgIpc) is 2.44. The van der Waals surface area contributed by atoms with Gasteiger partial charge in [-0.1, -0.05) is 0 Å². The van der Waals surface area contributed by atoms with Crippen LogP contribution < -0.4 is 4.90 Å². The number of piperazine rings is 1. The first-order chi connectivity index (χ1) is 11.1. The first-order valence-corrected chi connectivity index (χ1v) is 7.95. The topological polar surface area (TPSA) is 88.8 Å². The van der Waals surface area contributed by atoms with Gasteiger partial charge in [-0.15, -0.1) is 0 Å². The van der Waals surface area contributed by atoms with Crippen LogP contribution in [0.4, 0.5) is 16.3 Å². The first-order valence-electron chi connectivity index (χ1n) is 7.95. The summed E-state index contributed by atoms with van der Waals surface area (Å²) in [5.74, 6) is 0.689. The fourth-order valence-electron chi connectivity index (χ4n) is 2.67. The van der Waals surface area contributed by atoms with E-state index in [-0.39, 0.29) is 17.8 Å². The molecule has 0 saturated carbocycles. The normalized spacial score (nSPS) is 18.5. The zero-order chi connectivity index (χ0) is 18.1. The van der Waals surface area contributed by atoms with Crippen molar-refractivity contribution in [1.82, 2.24) is 9.88 Å². The van der Waals surface area contributed by atoms with Crippen LogP contribution in [0.15, 0.2) is 12.1 Å². The highest BCUT2D eigenvalue weighted by atomic mass is 16.6. The average molecular weight is 336 g/mol. The molecular weight excluding hydrogens is 312 g/mol. The van der Waals surface area contributed by atoms with Gasteiger partial charge in [0.15, 0.2) is 0 Å². The highest BCUT2D eigenvalue weighted by Gasteiger charge is 2.31. The predicted molar refractivity (Wildman–Crippen MR) is 90.2 cm³/mol. The largest absolute Gasteiger partial charge is 0.444 e. The summed E-state index contributed by atoms with van der Waals surface area (Å²) >= 11 is 0. The third-order valence-electron chi connectivity index (χ3n) is 3.82. The molecule has 1 aliphatic rings. The molecule has 1 unspecified atom stereocenters. The number of ether oxygens (including phenoxy) is 1. The number of aryl methyl sites for hydroxylation is 1. The maximum atomic E-state index is 12.2.